The summed E-state index contributed by atoms with van der Waals surface area (Å²) >= 11 is 13.4. The number of pyridine rings is 2. The van der Waals surface area contributed by atoms with Gasteiger partial charge in [0.1, 0.15) is 5.01 Å². The van der Waals surface area contributed by atoms with Crippen LogP contribution in [-0.4, -0.2) is 20.7 Å². The van der Waals surface area contributed by atoms with E-state index in [2.05, 4.69) is 20.1 Å². The SMILES string of the molecule is CC(=NOc1cc(Cl)cnc1Cl)c1sc(-c2cccnc2)nc1C. The minimum absolute atomic E-state index is 0.202. The highest BCUT2D eigenvalue weighted by molar-refractivity contribution is 7.17. The van der Waals surface area contributed by atoms with E-state index < -0.39 is 0 Å². The lowest BCUT2D eigenvalue weighted by molar-refractivity contribution is 0.340. The average molecular weight is 379 g/mol. The molecule has 0 aliphatic rings. The summed E-state index contributed by atoms with van der Waals surface area (Å²) in [6.45, 7) is 3.78. The van der Waals surface area contributed by atoms with Crippen LogP contribution in [0, 0.1) is 6.92 Å². The molecule has 122 valence electrons. The summed E-state index contributed by atoms with van der Waals surface area (Å²) in [6.07, 6.45) is 4.96. The van der Waals surface area contributed by atoms with E-state index in [-0.39, 0.29) is 5.15 Å². The van der Waals surface area contributed by atoms with Crippen LogP contribution in [0.3, 0.4) is 0 Å². The Morgan fingerprint density at radius 1 is 1.29 bits per heavy atom. The second-order valence-corrected chi connectivity index (χ2v) is 6.68. The molecule has 24 heavy (non-hydrogen) atoms. The standard InChI is InChI=1S/C16H12Cl2N4OS/c1-9-14(24-16(21-9)11-4-3-5-19-7-11)10(2)22-23-13-6-12(17)8-20-15(13)18/h3-8H,1-2H3. The summed E-state index contributed by atoms with van der Waals surface area (Å²) < 4.78 is 0. The molecule has 0 unspecified atom stereocenters. The molecular formula is C16H12Cl2N4OS. The van der Waals surface area contributed by atoms with E-state index in [9.17, 15) is 0 Å². The zero-order valence-electron chi connectivity index (χ0n) is 12.8. The molecular weight excluding hydrogens is 367 g/mol. The molecule has 0 saturated heterocycles. The molecule has 3 aromatic rings. The predicted octanol–water partition coefficient (Wildman–Crippen LogP) is 5.02. The van der Waals surface area contributed by atoms with Crippen molar-refractivity contribution < 1.29 is 4.84 Å². The highest BCUT2D eigenvalue weighted by Gasteiger charge is 2.13. The van der Waals surface area contributed by atoms with Crippen LogP contribution in [0.5, 0.6) is 5.75 Å². The van der Waals surface area contributed by atoms with Crippen molar-refractivity contribution in [3.05, 3.63) is 57.5 Å². The van der Waals surface area contributed by atoms with Gasteiger partial charge in [0.25, 0.3) is 0 Å². The molecule has 8 heteroatoms. The molecule has 3 rings (SSSR count). The van der Waals surface area contributed by atoms with Gasteiger partial charge >= 0.3 is 0 Å². The van der Waals surface area contributed by atoms with Crippen LogP contribution in [0.25, 0.3) is 10.6 Å². The third-order valence-electron chi connectivity index (χ3n) is 3.09. The number of aryl methyl sites for hydroxylation is 1. The van der Waals surface area contributed by atoms with Crippen molar-refractivity contribution in [2.75, 3.05) is 0 Å². The molecule has 0 N–H and O–H groups in total. The van der Waals surface area contributed by atoms with E-state index in [4.69, 9.17) is 28.0 Å². The number of thiazole rings is 1. The fraction of sp³-hybridized carbons (Fsp3) is 0.125. The summed E-state index contributed by atoms with van der Waals surface area (Å²) in [6, 6.07) is 5.41. The lowest BCUT2D eigenvalue weighted by atomic mass is 10.3. The second kappa shape index (κ2) is 7.25. The van der Waals surface area contributed by atoms with Gasteiger partial charge in [0, 0.05) is 30.2 Å². The van der Waals surface area contributed by atoms with E-state index >= 15 is 0 Å². The Kier molecular flexibility index (Phi) is 5.08. The monoisotopic (exact) mass is 378 g/mol. The smallest absolute Gasteiger partial charge is 0.196 e. The Labute approximate surface area is 153 Å². The van der Waals surface area contributed by atoms with E-state index in [0.29, 0.717) is 16.5 Å². The van der Waals surface area contributed by atoms with Crippen molar-refractivity contribution in [2.24, 2.45) is 5.16 Å². The quantitative estimate of drug-likeness (QED) is 0.363. The first-order chi connectivity index (χ1) is 11.5. The number of aromatic nitrogens is 3. The minimum Gasteiger partial charge on any atom is -0.353 e. The number of nitrogens with zero attached hydrogens (tertiary/aromatic N) is 4. The molecule has 0 aliphatic carbocycles. The summed E-state index contributed by atoms with van der Waals surface area (Å²) in [4.78, 5) is 18.9. The fourth-order valence-electron chi connectivity index (χ4n) is 1.97. The van der Waals surface area contributed by atoms with Gasteiger partial charge in [-0.2, -0.15) is 0 Å². The van der Waals surface area contributed by atoms with Crippen LogP contribution in [0.1, 0.15) is 17.5 Å². The van der Waals surface area contributed by atoms with Gasteiger partial charge in [-0.05, 0) is 26.0 Å². The molecule has 3 aromatic heterocycles. The third-order valence-corrected chi connectivity index (χ3v) is 4.89. The fourth-order valence-corrected chi connectivity index (χ4v) is 3.25. The van der Waals surface area contributed by atoms with Crippen LogP contribution in [-0.2, 0) is 0 Å². The average Bonchev–Trinajstić information content (AvgIpc) is 2.98. The van der Waals surface area contributed by atoms with Gasteiger partial charge in [-0.3, -0.25) is 4.98 Å². The molecule has 0 fully saturated rings. The number of rotatable bonds is 4. The molecule has 0 amide bonds. The Bertz CT molecular complexity index is 896. The molecule has 0 saturated carbocycles. The van der Waals surface area contributed by atoms with Crippen molar-refractivity contribution in [3.63, 3.8) is 0 Å². The third kappa shape index (κ3) is 3.72. The van der Waals surface area contributed by atoms with E-state index in [1.54, 1.807) is 18.5 Å². The first-order valence-electron chi connectivity index (χ1n) is 6.95. The normalized spacial score (nSPS) is 11.6. The van der Waals surface area contributed by atoms with Gasteiger partial charge < -0.3 is 4.84 Å². The van der Waals surface area contributed by atoms with Crippen LogP contribution < -0.4 is 4.84 Å². The van der Waals surface area contributed by atoms with E-state index in [0.717, 1.165) is 21.1 Å². The summed E-state index contributed by atoms with van der Waals surface area (Å²) in [5, 5.41) is 5.63. The minimum atomic E-state index is 0.202. The van der Waals surface area contributed by atoms with Crippen molar-refractivity contribution in [1.29, 1.82) is 0 Å². The predicted molar refractivity (Wildman–Crippen MR) is 97.2 cm³/mol. The Morgan fingerprint density at radius 3 is 2.88 bits per heavy atom. The number of oxime groups is 1. The number of halogens is 2. The lowest BCUT2D eigenvalue weighted by Crippen LogP contribution is -1.98. The Hall–Kier alpha value is -2.02. The summed E-state index contributed by atoms with van der Waals surface area (Å²) in [7, 11) is 0. The topological polar surface area (TPSA) is 60.3 Å². The van der Waals surface area contributed by atoms with Crippen LogP contribution in [0.15, 0.2) is 41.9 Å². The molecule has 0 bridgehead atoms. The van der Waals surface area contributed by atoms with Gasteiger partial charge in [-0.1, -0.05) is 28.4 Å². The highest BCUT2D eigenvalue weighted by atomic mass is 35.5. The lowest BCUT2D eigenvalue weighted by Gasteiger charge is -2.02. The maximum atomic E-state index is 5.96. The number of hydrogen-bond acceptors (Lipinski definition) is 6. The van der Waals surface area contributed by atoms with Gasteiger partial charge in [0.05, 0.1) is 21.3 Å². The van der Waals surface area contributed by atoms with Gasteiger partial charge in [-0.15, -0.1) is 11.3 Å². The van der Waals surface area contributed by atoms with Crippen LogP contribution >= 0.6 is 34.5 Å². The first-order valence-corrected chi connectivity index (χ1v) is 8.52. The molecule has 0 aromatic carbocycles. The summed E-state index contributed by atoms with van der Waals surface area (Å²) in [5.74, 6) is 0.304. The maximum Gasteiger partial charge on any atom is 0.196 e. The van der Waals surface area contributed by atoms with Gasteiger partial charge in [0.2, 0.25) is 0 Å². The van der Waals surface area contributed by atoms with Crippen molar-refractivity contribution >= 4 is 40.3 Å². The molecule has 0 atom stereocenters. The number of hydrogen-bond donors (Lipinski definition) is 0. The van der Waals surface area contributed by atoms with Crippen LogP contribution in [0.4, 0.5) is 0 Å². The highest BCUT2D eigenvalue weighted by Crippen LogP contribution is 2.29. The molecule has 0 aliphatic heterocycles. The molecule has 0 spiro atoms. The second-order valence-electron chi connectivity index (χ2n) is 4.89. The Balaban J connectivity index is 1.86. The van der Waals surface area contributed by atoms with Crippen molar-refractivity contribution in [2.45, 2.75) is 13.8 Å². The maximum absolute atomic E-state index is 5.96. The van der Waals surface area contributed by atoms with Crippen molar-refractivity contribution in [3.8, 4) is 16.3 Å². The Morgan fingerprint density at radius 2 is 2.12 bits per heavy atom. The molecule has 0 radical (unpaired) electrons. The van der Waals surface area contributed by atoms with E-state index in [1.165, 1.54) is 17.5 Å². The van der Waals surface area contributed by atoms with Gasteiger partial charge in [-0.25, -0.2) is 9.97 Å². The molecule has 3 heterocycles. The summed E-state index contributed by atoms with van der Waals surface area (Å²) in [5.41, 5.74) is 2.53. The van der Waals surface area contributed by atoms with Crippen molar-refractivity contribution in [1.82, 2.24) is 15.0 Å². The zero-order valence-corrected chi connectivity index (χ0v) is 15.2. The first kappa shape index (κ1) is 16.8. The van der Waals surface area contributed by atoms with E-state index in [1.807, 2.05) is 26.0 Å². The van der Waals surface area contributed by atoms with Crippen LogP contribution in [0.2, 0.25) is 10.2 Å². The largest absolute Gasteiger partial charge is 0.353 e. The molecule has 5 nitrogen and oxygen atoms in total. The van der Waals surface area contributed by atoms with Gasteiger partial charge in [0.15, 0.2) is 10.9 Å². The zero-order chi connectivity index (χ0) is 17.1.